The Hall–Kier alpha value is -2.84. The van der Waals surface area contributed by atoms with Gasteiger partial charge in [0.1, 0.15) is 12.6 Å². The van der Waals surface area contributed by atoms with E-state index >= 15 is 0 Å². The standard InChI is InChI=1S/C21H25N5O3/c1-2-17(28)25(11-10-15-6-4-3-5-7-15)20-19-21(23-13-22-20)26(14-24-19)18-9-8-16(12-27)29-18/h3-7,13-14,16,18,27H,2,8-12H2,1H3. The summed E-state index contributed by atoms with van der Waals surface area (Å²) in [4.78, 5) is 27.7. The summed E-state index contributed by atoms with van der Waals surface area (Å²) in [5.74, 6) is 0.515. The molecule has 3 aromatic rings. The third kappa shape index (κ3) is 3.99. The Labute approximate surface area is 169 Å². The topological polar surface area (TPSA) is 93.4 Å². The Morgan fingerprint density at radius 1 is 1.24 bits per heavy atom. The quantitative estimate of drug-likeness (QED) is 0.661. The lowest BCUT2D eigenvalue weighted by Gasteiger charge is -2.21. The van der Waals surface area contributed by atoms with Crippen LogP contribution in [0.4, 0.5) is 5.82 Å². The van der Waals surface area contributed by atoms with Gasteiger partial charge in [0, 0.05) is 13.0 Å². The highest BCUT2D eigenvalue weighted by molar-refractivity contribution is 5.98. The molecule has 2 atom stereocenters. The molecule has 3 heterocycles. The average molecular weight is 395 g/mol. The van der Waals surface area contributed by atoms with Crippen LogP contribution in [0.2, 0.25) is 0 Å². The first-order valence-corrected chi connectivity index (χ1v) is 9.99. The van der Waals surface area contributed by atoms with E-state index in [2.05, 4.69) is 15.0 Å². The van der Waals surface area contributed by atoms with Gasteiger partial charge in [0.2, 0.25) is 5.91 Å². The van der Waals surface area contributed by atoms with Crippen LogP contribution in [-0.4, -0.2) is 49.8 Å². The van der Waals surface area contributed by atoms with Crippen molar-refractivity contribution in [1.82, 2.24) is 19.5 Å². The molecule has 1 aliphatic rings. The minimum Gasteiger partial charge on any atom is -0.394 e. The van der Waals surface area contributed by atoms with Gasteiger partial charge in [-0.3, -0.25) is 14.3 Å². The van der Waals surface area contributed by atoms with E-state index < -0.39 is 0 Å². The van der Waals surface area contributed by atoms with Gasteiger partial charge in [0.05, 0.1) is 19.0 Å². The molecule has 29 heavy (non-hydrogen) atoms. The molecule has 1 aliphatic heterocycles. The molecule has 0 aliphatic carbocycles. The zero-order chi connectivity index (χ0) is 20.2. The van der Waals surface area contributed by atoms with Crippen LogP contribution >= 0.6 is 0 Å². The maximum atomic E-state index is 12.7. The fraction of sp³-hybridized carbons (Fsp3) is 0.429. The molecular formula is C21H25N5O3. The van der Waals surface area contributed by atoms with E-state index in [-0.39, 0.29) is 24.8 Å². The maximum absolute atomic E-state index is 12.7. The third-order valence-corrected chi connectivity index (χ3v) is 5.26. The second-order valence-corrected chi connectivity index (χ2v) is 7.13. The first-order valence-electron chi connectivity index (χ1n) is 9.99. The molecule has 0 spiro atoms. The molecule has 8 nitrogen and oxygen atoms in total. The largest absolute Gasteiger partial charge is 0.394 e. The second kappa shape index (κ2) is 8.67. The fourth-order valence-electron chi connectivity index (χ4n) is 3.70. The lowest BCUT2D eigenvalue weighted by molar-refractivity contribution is -0.118. The second-order valence-electron chi connectivity index (χ2n) is 7.13. The zero-order valence-corrected chi connectivity index (χ0v) is 16.4. The smallest absolute Gasteiger partial charge is 0.227 e. The first-order chi connectivity index (χ1) is 14.2. The molecular weight excluding hydrogens is 370 g/mol. The van der Waals surface area contributed by atoms with Crippen LogP contribution in [0.15, 0.2) is 43.0 Å². The molecule has 1 amide bonds. The van der Waals surface area contributed by atoms with Crippen molar-refractivity contribution >= 4 is 22.9 Å². The minimum atomic E-state index is -0.223. The van der Waals surface area contributed by atoms with E-state index in [0.717, 1.165) is 24.8 Å². The van der Waals surface area contributed by atoms with E-state index in [1.807, 2.05) is 41.8 Å². The van der Waals surface area contributed by atoms with Crippen LogP contribution in [0.5, 0.6) is 0 Å². The molecule has 4 rings (SSSR count). The number of amides is 1. The first kappa shape index (κ1) is 19.5. The van der Waals surface area contributed by atoms with Gasteiger partial charge in [-0.05, 0) is 24.8 Å². The van der Waals surface area contributed by atoms with Crippen molar-refractivity contribution in [2.24, 2.45) is 0 Å². The van der Waals surface area contributed by atoms with Gasteiger partial charge in [-0.1, -0.05) is 37.3 Å². The van der Waals surface area contributed by atoms with Gasteiger partial charge < -0.3 is 9.84 Å². The summed E-state index contributed by atoms with van der Waals surface area (Å²) in [6.45, 7) is 2.36. The van der Waals surface area contributed by atoms with Crippen molar-refractivity contribution in [3.05, 3.63) is 48.5 Å². The van der Waals surface area contributed by atoms with Crippen LogP contribution < -0.4 is 4.90 Å². The van der Waals surface area contributed by atoms with Crippen LogP contribution in [0.1, 0.15) is 38.0 Å². The molecule has 1 N–H and O–H groups in total. The predicted molar refractivity (Wildman–Crippen MR) is 108 cm³/mol. The van der Waals surface area contributed by atoms with Crippen molar-refractivity contribution in [1.29, 1.82) is 0 Å². The van der Waals surface area contributed by atoms with Crippen molar-refractivity contribution in [3.8, 4) is 0 Å². The number of aromatic nitrogens is 4. The van der Waals surface area contributed by atoms with Crippen LogP contribution in [0.3, 0.4) is 0 Å². The number of nitrogens with zero attached hydrogens (tertiary/aromatic N) is 5. The number of aliphatic hydroxyl groups excluding tert-OH is 1. The summed E-state index contributed by atoms with van der Waals surface area (Å²) in [5.41, 5.74) is 2.37. The summed E-state index contributed by atoms with van der Waals surface area (Å²) in [6.07, 6.45) is 5.43. The highest BCUT2D eigenvalue weighted by atomic mass is 16.5. The molecule has 1 saturated heterocycles. The van der Waals surface area contributed by atoms with Crippen LogP contribution in [-0.2, 0) is 16.0 Å². The number of fused-ring (bicyclic) bond motifs is 1. The monoisotopic (exact) mass is 395 g/mol. The number of ether oxygens (including phenoxy) is 1. The summed E-state index contributed by atoms with van der Waals surface area (Å²) in [6, 6.07) is 10.1. The molecule has 1 fully saturated rings. The van der Waals surface area contributed by atoms with Gasteiger partial charge >= 0.3 is 0 Å². The lowest BCUT2D eigenvalue weighted by atomic mass is 10.1. The number of carbonyl (C=O) groups is 1. The number of rotatable bonds is 7. The Morgan fingerprint density at radius 3 is 2.79 bits per heavy atom. The number of imidazole rings is 1. The van der Waals surface area contributed by atoms with E-state index in [1.165, 1.54) is 6.33 Å². The average Bonchev–Trinajstić information content (AvgIpc) is 3.41. The number of carbonyl (C=O) groups excluding carboxylic acids is 1. The highest BCUT2D eigenvalue weighted by Gasteiger charge is 2.29. The Morgan fingerprint density at radius 2 is 2.07 bits per heavy atom. The fourth-order valence-corrected chi connectivity index (χ4v) is 3.70. The van der Waals surface area contributed by atoms with E-state index in [0.29, 0.717) is 29.9 Å². The molecule has 1 aromatic carbocycles. The Bertz CT molecular complexity index is 975. The van der Waals surface area contributed by atoms with Crippen LogP contribution in [0.25, 0.3) is 11.2 Å². The summed E-state index contributed by atoms with van der Waals surface area (Å²) in [7, 11) is 0. The number of anilines is 1. The number of hydrogen-bond acceptors (Lipinski definition) is 6. The van der Waals surface area contributed by atoms with Crippen molar-refractivity contribution in [3.63, 3.8) is 0 Å². The SMILES string of the molecule is CCC(=O)N(CCc1ccccc1)c1ncnc2c1ncn2C1CCC(CO)O1. The van der Waals surface area contributed by atoms with Crippen molar-refractivity contribution in [2.75, 3.05) is 18.1 Å². The van der Waals surface area contributed by atoms with Gasteiger partial charge in [-0.15, -0.1) is 0 Å². The third-order valence-electron chi connectivity index (χ3n) is 5.26. The van der Waals surface area contributed by atoms with E-state index in [1.54, 1.807) is 11.2 Å². The maximum Gasteiger partial charge on any atom is 0.227 e. The van der Waals surface area contributed by atoms with E-state index in [4.69, 9.17) is 4.74 Å². The summed E-state index contributed by atoms with van der Waals surface area (Å²) >= 11 is 0. The van der Waals surface area contributed by atoms with Gasteiger partial charge in [-0.2, -0.15) is 0 Å². The van der Waals surface area contributed by atoms with Gasteiger partial charge in [0.15, 0.2) is 17.0 Å². The number of aliphatic hydroxyl groups is 1. The van der Waals surface area contributed by atoms with Gasteiger partial charge in [-0.25, -0.2) is 15.0 Å². The minimum absolute atomic E-state index is 0.00162. The highest BCUT2D eigenvalue weighted by Crippen LogP contribution is 2.32. The van der Waals surface area contributed by atoms with Crippen molar-refractivity contribution in [2.45, 2.75) is 44.9 Å². The zero-order valence-electron chi connectivity index (χ0n) is 16.4. The van der Waals surface area contributed by atoms with Crippen molar-refractivity contribution < 1.29 is 14.6 Å². The Kier molecular flexibility index (Phi) is 5.82. The molecule has 0 saturated carbocycles. The predicted octanol–water partition coefficient (Wildman–Crippen LogP) is 2.48. The molecule has 8 heteroatoms. The molecule has 2 unspecified atom stereocenters. The lowest BCUT2D eigenvalue weighted by Crippen LogP contribution is -2.33. The number of benzene rings is 1. The molecule has 0 radical (unpaired) electrons. The number of hydrogen-bond donors (Lipinski definition) is 1. The molecule has 152 valence electrons. The summed E-state index contributed by atoms with van der Waals surface area (Å²) in [5, 5.41) is 9.33. The van der Waals surface area contributed by atoms with E-state index in [9.17, 15) is 9.90 Å². The normalized spacial score (nSPS) is 19.0. The Balaban J connectivity index is 1.64. The summed E-state index contributed by atoms with van der Waals surface area (Å²) < 4.78 is 7.73. The molecule has 0 bridgehead atoms. The molecule has 2 aromatic heterocycles. The van der Waals surface area contributed by atoms with Gasteiger partial charge in [0.25, 0.3) is 0 Å². The van der Waals surface area contributed by atoms with Crippen LogP contribution in [0, 0.1) is 0 Å².